The zero-order chi connectivity index (χ0) is 18.1. The van der Waals surface area contributed by atoms with Crippen LogP contribution >= 0.6 is 11.3 Å². The highest BCUT2D eigenvalue weighted by Crippen LogP contribution is 2.36. The molecule has 0 spiro atoms. The Morgan fingerprint density at radius 2 is 2.12 bits per heavy atom. The molecule has 0 unspecified atom stereocenters. The van der Waals surface area contributed by atoms with Crippen LogP contribution in [0.4, 0.5) is 4.39 Å². The Labute approximate surface area is 152 Å². The van der Waals surface area contributed by atoms with Gasteiger partial charge in [-0.2, -0.15) is 0 Å². The van der Waals surface area contributed by atoms with E-state index in [1.165, 1.54) is 23.5 Å². The number of nitrogens with two attached hydrogens (primary N) is 1. The van der Waals surface area contributed by atoms with Crippen LogP contribution in [0.5, 0.6) is 5.75 Å². The van der Waals surface area contributed by atoms with E-state index < -0.39 is 5.91 Å². The highest BCUT2D eigenvalue weighted by atomic mass is 32.1. The fourth-order valence-corrected chi connectivity index (χ4v) is 3.64. The third-order valence-corrected chi connectivity index (χ3v) is 5.03. The minimum atomic E-state index is -0.565. The third kappa shape index (κ3) is 3.04. The normalized spacial score (nSPS) is 11.0. The number of aromatic nitrogens is 2. The van der Waals surface area contributed by atoms with Crippen LogP contribution in [0.25, 0.3) is 16.2 Å². The number of ether oxygens (including phenoxy) is 1. The molecule has 0 aliphatic rings. The molecule has 3 heterocycles. The summed E-state index contributed by atoms with van der Waals surface area (Å²) >= 11 is 1.24. The molecule has 0 saturated heterocycles. The monoisotopic (exact) mass is 367 g/mol. The molecule has 130 valence electrons. The van der Waals surface area contributed by atoms with Gasteiger partial charge in [-0.1, -0.05) is 18.2 Å². The van der Waals surface area contributed by atoms with Gasteiger partial charge in [0.1, 0.15) is 28.7 Å². The summed E-state index contributed by atoms with van der Waals surface area (Å²) in [6, 6.07) is 13.6. The average Bonchev–Trinajstić information content (AvgIpc) is 3.24. The first-order valence-corrected chi connectivity index (χ1v) is 8.67. The van der Waals surface area contributed by atoms with Crippen LogP contribution in [-0.4, -0.2) is 15.3 Å². The second kappa shape index (κ2) is 6.61. The number of benzene rings is 1. The molecule has 1 amide bonds. The molecule has 2 N–H and O–H groups in total. The first kappa shape index (κ1) is 16.3. The van der Waals surface area contributed by atoms with Crippen molar-refractivity contribution >= 4 is 22.9 Å². The van der Waals surface area contributed by atoms with Crippen LogP contribution < -0.4 is 10.5 Å². The van der Waals surface area contributed by atoms with Crippen LogP contribution in [0.2, 0.25) is 0 Å². The van der Waals surface area contributed by atoms with Crippen molar-refractivity contribution in [1.82, 2.24) is 9.38 Å². The summed E-state index contributed by atoms with van der Waals surface area (Å²) in [5, 5.41) is 0. The van der Waals surface area contributed by atoms with Crippen LogP contribution in [0, 0.1) is 5.82 Å². The molecular weight excluding hydrogens is 353 g/mol. The summed E-state index contributed by atoms with van der Waals surface area (Å²) in [4.78, 5) is 17.3. The maximum Gasteiger partial charge on any atom is 0.262 e. The van der Waals surface area contributed by atoms with E-state index in [2.05, 4.69) is 4.98 Å². The van der Waals surface area contributed by atoms with Gasteiger partial charge in [-0.15, -0.1) is 11.3 Å². The van der Waals surface area contributed by atoms with Gasteiger partial charge in [-0.05, 0) is 29.8 Å². The number of thiophene rings is 1. The molecule has 26 heavy (non-hydrogen) atoms. The molecule has 5 nitrogen and oxygen atoms in total. The van der Waals surface area contributed by atoms with Gasteiger partial charge < -0.3 is 10.5 Å². The van der Waals surface area contributed by atoms with Crippen molar-refractivity contribution in [3.8, 4) is 16.3 Å². The molecule has 7 heteroatoms. The summed E-state index contributed by atoms with van der Waals surface area (Å²) in [7, 11) is 0. The Morgan fingerprint density at radius 1 is 1.23 bits per heavy atom. The minimum absolute atomic E-state index is 0.140. The fraction of sp³-hybridized carbons (Fsp3) is 0.0526. The van der Waals surface area contributed by atoms with E-state index in [4.69, 9.17) is 10.5 Å². The van der Waals surface area contributed by atoms with E-state index in [-0.39, 0.29) is 12.4 Å². The van der Waals surface area contributed by atoms with Crippen molar-refractivity contribution in [2.45, 2.75) is 6.61 Å². The standard InChI is InChI=1S/C19H14FN3O2S/c20-13-5-3-4-12(8-13)11-25-15-9-16(26-18(15)19(21)24)14-10-22-17-6-1-2-7-23(14)17/h1-10H,11H2,(H2,21,24). The molecule has 0 atom stereocenters. The smallest absolute Gasteiger partial charge is 0.262 e. The molecule has 4 aromatic rings. The number of halogens is 1. The lowest BCUT2D eigenvalue weighted by molar-refractivity contribution is 0.1000. The Kier molecular flexibility index (Phi) is 4.14. The van der Waals surface area contributed by atoms with E-state index in [0.29, 0.717) is 16.2 Å². The first-order chi connectivity index (χ1) is 12.6. The van der Waals surface area contributed by atoms with Crippen LogP contribution in [-0.2, 0) is 6.61 Å². The molecule has 0 radical (unpaired) electrons. The summed E-state index contributed by atoms with van der Waals surface area (Å²) < 4.78 is 21.0. The Bertz CT molecular complexity index is 1100. The van der Waals surface area contributed by atoms with Crippen molar-refractivity contribution in [3.63, 3.8) is 0 Å². The predicted octanol–water partition coefficient (Wildman–Crippen LogP) is 3.88. The molecular formula is C19H14FN3O2S. The molecule has 0 aliphatic heterocycles. The number of hydrogen-bond acceptors (Lipinski definition) is 4. The maximum absolute atomic E-state index is 13.3. The number of rotatable bonds is 5. The van der Waals surface area contributed by atoms with Crippen LogP contribution in [0.15, 0.2) is 60.9 Å². The number of carbonyl (C=O) groups is 1. The van der Waals surface area contributed by atoms with Crippen molar-refractivity contribution in [2.24, 2.45) is 5.73 Å². The molecule has 0 saturated carbocycles. The number of amides is 1. The van der Waals surface area contributed by atoms with Gasteiger partial charge in [0.2, 0.25) is 0 Å². The van der Waals surface area contributed by atoms with E-state index in [1.54, 1.807) is 24.4 Å². The van der Waals surface area contributed by atoms with Crippen molar-refractivity contribution < 1.29 is 13.9 Å². The molecule has 0 aliphatic carbocycles. The lowest BCUT2D eigenvalue weighted by atomic mass is 10.2. The van der Waals surface area contributed by atoms with E-state index >= 15 is 0 Å². The van der Waals surface area contributed by atoms with Gasteiger partial charge in [0.15, 0.2) is 0 Å². The Hall–Kier alpha value is -3.19. The maximum atomic E-state index is 13.3. The summed E-state index contributed by atoms with van der Waals surface area (Å²) in [5.74, 6) is -0.519. The minimum Gasteiger partial charge on any atom is -0.487 e. The number of fused-ring (bicyclic) bond motifs is 1. The average molecular weight is 367 g/mol. The number of imidazole rings is 1. The zero-order valence-electron chi connectivity index (χ0n) is 13.6. The largest absolute Gasteiger partial charge is 0.487 e. The van der Waals surface area contributed by atoms with E-state index in [0.717, 1.165) is 16.2 Å². The van der Waals surface area contributed by atoms with Gasteiger partial charge in [-0.25, -0.2) is 9.37 Å². The quantitative estimate of drug-likeness (QED) is 0.582. The van der Waals surface area contributed by atoms with Gasteiger partial charge in [0.25, 0.3) is 5.91 Å². The number of pyridine rings is 1. The number of nitrogens with zero attached hydrogens (tertiary/aromatic N) is 2. The molecule has 0 bridgehead atoms. The molecule has 0 fully saturated rings. The fourth-order valence-electron chi connectivity index (χ4n) is 2.68. The number of primary amides is 1. The molecule has 1 aromatic carbocycles. The third-order valence-electron chi connectivity index (χ3n) is 3.87. The topological polar surface area (TPSA) is 69.6 Å². The lowest BCUT2D eigenvalue weighted by Gasteiger charge is -2.05. The Morgan fingerprint density at radius 3 is 2.92 bits per heavy atom. The van der Waals surface area contributed by atoms with Gasteiger partial charge in [0.05, 0.1) is 16.8 Å². The van der Waals surface area contributed by atoms with Crippen LogP contribution in [0.3, 0.4) is 0 Å². The first-order valence-electron chi connectivity index (χ1n) is 7.85. The molecule has 4 rings (SSSR count). The summed E-state index contributed by atoms with van der Waals surface area (Å²) in [5.41, 5.74) is 7.81. The van der Waals surface area contributed by atoms with Crippen molar-refractivity contribution in [2.75, 3.05) is 0 Å². The van der Waals surface area contributed by atoms with Crippen molar-refractivity contribution in [3.05, 3.63) is 77.2 Å². The van der Waals surface area contributed by atoms with E-state index in [1.807, 2.05) is 28.8 Å². The highest BCUT2D eigenvalue weighted by Gasteiger charge is 2.18. The summed E-state index contributed by atoms with van der Waals surface area (Å²) in [6.07, 6.45) is 3.64. The van der Waals surface area contributed by atoms with Gasteiger partial charge >= 0.3 is 0 Å². The van der Waals surface area contributed by atoms with Crippen LogP contribution in [0.1, 0.15) is 15.2 Å². The lowest BCUT2D eigenvalue weighted by Crippen LogP contribution is -2.10. The highest BCUT2D eigenvalue weighted by molar-refractivity contribution is 7.17. The number of hydrogen-bond donors (Lipinski definition) is 1. The SMILES string of the molecule is NC(=O)c1sc(-c2cnc3ccccn23)cc1OCc1cccc(F)c1. The molecule has 3 aromatic heterocycles. The predicted molar refractivity (Wildman–Crippen MR) is 97.8 cm³/mol. The second-order valence-corrected chi connectivity index (χ2v) is 6.71. The summed E-state index contributed by atoms with van der Waals surface area (Å²) in [6.45, 7) is 0.140. The number of carbonyl (C=O) groups excluding carboxylic acids is 1. The van der Waals surface area contributed by atoms with E-state index in [9.17, 15) is 9.18 Å². The van der Waals surface area contributed by atoms with Crippen molar-refractivity contribution in [1.29, 1.82) is 0 Å². The zero-order valence-corrected chi connectivity index (χ0v) is 14.4. The van der Waals surface area contributed by atoms with Gasteiger partial charge in [0, 0.05) is 12.3 Å². The second-order valence-electron chi connectivity index (χ2n) is 5.66. The Balaban J connectivity index is 1.68. The van der Waals surface area contributed by atoms with Gasteiger partial charge in [-0.3, -0.25) is 9.20 Å².